The van der Waals surface area contributed by atoms with E-state index in [9.17, 15) is 5.11 Å². The van der Waals surface area contributed by atoms with Gasteiger partial charge in [0.05, 0.1) is 5.60 Å². The Bertz CT molecular complexity index is 311. The lowest BCUT2D eigenvalue weighted by Gasteiger charge is -2.17. The summed E-state index contributed by atoms with van der Waals surface area (Å²) in [6.07, 6.45) is 1.71. The average molecular weight is 221 g/mol. The van der Waals surface area contributed by atoms with Gasteiger partial charge in [-0.3, -0.25) is 0 Å². The van der Waals surface area contributed by atoms with Gasteiger partial charge in [0.15, 0.2) is 0 Å². The van der Waals surface area contributed by atoms with E-state index in [-0.39, 0.29) is 0 Å². The van der Waals surface area contributed by atoms with Gasteiger partial charge >= 0.3 is 0 Å². The van der Waals surface area contributed by atoms with Crippen LogP contribution in [0.4, 0.5) is 0 Å². The molecule has 0 fully saturated rings. The molecule has 2 heteroatoms. The topological polar surface area (TPSA) is 46.2 Å². The molecule has 1 aromatic rings. The van der Waals surface area contributed by atoms with Gasteiger partial charge in [-0.25, -0.2) is 0 Å². The Morgan fingerprint density at radius 1 is 1.25 bits per heavy atom. The minimum absolute atomic E-state index is 0.515. The molecule has 3 N–H and O–H groups in total. The third-order valence-electron chi connectivity index (χ3n) is 2.79. The van der Waals surface area contributed by atoms with Gasteiger partial charge in [-0.2, -0.15) is 0 Å². The highest BCUT2D eigenvalue weighted by atomic mass is 16.3. The fraction of sp³-hybridized carbons (Fsp3) is 0.571. The number of hydrogen-bond donors (Lipinski definition) is 2. The Kier molecular flexibility index (Phi) is 4.51. The zero-order valence-electron chi connectivity index (χ0n) is 10.5. The second kappa shape index (κ2) is 5.46. The van der Waals surface area contributed by atoms with Crippen LogP contribution in [0.3, 0.4) is 0 Å². The average Bonchev–Trinajstić information content (AvgIpc) is 2.16. The first-order chi connectivity index (χ1) is 7.42. The number of hydrogen-bond acceptors (Lipinski definition) is 2. The van der Waals surface area contributed by atoms with Gasteiger partial charge in [0.25, 0.3) is 0 Å². The van der Waals surface area contributed by atoms with Gasteiger partial charge < -0.3 is 10.8 Å². The van der Waals surface area contributed by atoms with Crippen molar-refractivity contribution in [3.8, 4) is 0 Å². The summed E-state index contributed by atoms with van der Waals surface area (Å²) in [5.41, 5.74) is 7.41. The third kappa shape index (κ3) is 4.33. The van der Waals surface area contributed by atoms with Crippen LogP contribution in [0.2, 0.25) is 0 Å². The van der Waals surface area contributed by atoms with Crippen molar-refractivity contribution in [2.75, 3.05) is 6.54 Å². The molecule has 0 aliphatic heterocycles. The second-order valence-corrected chi connectivity index (χ2v) is 5.21. The quantitative estimate of drug-likeness (QED) is 0.802. The van der Waals surface area contributed by atoms with Crippen LogP contribution in [0.5, 0.6) is 0 Å². The van der Waals surface area contributed by atoms with Crippen molar-refractivity contribution in [3.63, 3.8) is 0 Å². The fourth-order valence-corrected chi connectivity index (χ4v) is 1.88. The highest BCUT2D eigenvalue weighted by molar-refractivity contribution is 5.25. The maximum absolute atomic E-state index is 9.72. The van der Waals surface area contributed by atoms with Crippen molar-refractivity contribution in [1.82, 2.24) is 0 Å². The zero-order chi connectivity index (χ0) is 12.2. The number of rotatable bonds is 5. The van der Waals surface area contributed by atoms with Gasteiger partial charge in [-0.05, 0) is 43.9 Å². The van der Waals surface area contributed by atoms with Crippen molar-refractivity contribution >= 4 is 0 Å². The van der Waals surface area contributed by atoms with Crippen LogP contribution in [-0.2, 0) is 6.42 Å². The summed E-state index contributed by atoms with van der Waals surface area (Å²) in [6.45, 7) is 6.58. The van der Waals surface area contributed by atoms with Gasteiger partial charge in [0.2, 0.25) is 0 Å². The first kappa shape index (κ1) is 13.2. The summed E-state index contributed by atoms with van der Waals surface area (Å²) in [5, 5.41) is 9.72. The predicted molar refractivity (Wildman–Crippen MR) is 68.5 cm³/mol. The van der Waals surface area contributed by atoms with Crippen LogP contribution in [-0.4, -0.2) is 17.3 Å². The van der Waals surface area contributed by atoms with E-state index in [1.807, 2.05) is 13.8 Å². The first-order valence-electron chi connectivity index (χ1n) is 5.93. The molecule has 0 spiro atoms. The van der Waals surface area contributed by atoms with Crippen molar-refractivity contribution in [2.45, 2.75) is 45.1 Å². The maximum Gasteiger partial charge on any atom is 0.0631 e. The Labute approximate surface area is 98.5 Å². The molecule has 0 aromatic heterocycles. The molecule has 1 atom stereocenters. The second-order valence-electron chi connectivity index (χ2n) is 5.21. The molecule has 90 valence electrons. The summed E-state index contributed by atoms with van der Waals surface area (Å²) in [4.78, 5) is 0. The summed E-state index contributed by atoms with van der Waals surface area (Å²) in [6, 6.07) is 8.48. The molecule has 0 heterocycles. The summed E-state index contributed by atoms with van der Waals surface area (Å²) < 4.78 is 0. The summed E-state index contributed by atoms with van der Waals surface area (Å²) in [5.74, 6) is 0.515. The van der Waals surface area contributed by atoms with Crippen molar-refractivity contribution in [1.29, 1.82) is 0 Å². The molecule has 0 amide bonds. The Hall–Kier alpha value is -0.860. The minimum Gasteiger partial charge on any atom is -0.390 e. The Balaban J connectivity index is 2.68. The zero-order valence-corrected chi connectivity index (χ0v) is 10.5. The van der Waals surface area contributed by atoms with Crippen molar-refractivity contribution < 1.29 is 5.11 Å². The molecular formula is C14H23NO. The van der Waals surface area contributed by atoms with Gasteiger partial charge in [-0.1, -0.05) is 31.2 Å². The van der Waals surface area contributed by atoms with Gasteiger partial charge in [0.1, 0.15) is 0 Å². The lowest BCUT2D eigenvalue weighted by atomic mass is 9.93. The summed E-state index contributed by atoms with van der Waals surface area (Å²) in [7, 11) is 0. The van der Waals surface area contributed by atoms with E-state index in [2.05, 4.69) is 31.2 Å². The van der Waals surface area contributed by atoms with Crippen LogP contribution in [0.25, 0.3) is 0 Å². The van der Waals surface area contributed by atoms with Gasteiger partial charge in [0, 0.05) is 6.42 Å². The minimum atomic E-state index is -0.635. The Morgan fingerprint density at radius 3 is 2.25 bits per heavy atom. The lowest BCUT2D eigenvalue weighted by Crippen LogP contribution is -2.21. The molecule has 0 saturated carbocycles. The van der Waals surface area contributed by atoms with Crippen LogP contribution in [0, 0.1) is 0 Å². The molecule has 1 aromatic carbocycles. The SMILES string of the molecule is CC(CCN)c1ccc(CC(C)(C)O)cc1. The largest absolute Gasteiger partial charge is 0.390 e. The lowest BCUT2D eigenvalue weighted by molar-refractivity contribution is 0.0810. The first-order valence-corrected chi connectivity index (χ1v) is 5.93. The highest BCUT2D eigenvalue weighted by Crippen LogP contribution is 2.20. The standard InChI is InChI=1S/C14H23NO/c1-11(8-9-15)13-6-4-12(5-7-13)10-14(2,3)16/h4-7,11,16H,8-10,15H2,1-3H3. The molecule has 0 aliphatic carbocycles. The number of nitrogens with two attached hydrogens (primary N) is 1. The molecule has 0 saturated heterocycles. The number of benzene rings is 1. The van der Waals surface area contributed by atoms with Crippen molar-refractivity contribution in [2.24, 2.45) is 5.73 Å². The van der Waals surface area contributed by atoms with E-state index in [1.165, 1.54) is 11.1 Å². The summed E-state index contributed by atoms with van der Waals surface area (Å²) >= 11 is 0. The molecule has 0 aliphatic rings. The molecule has 1 rings (SSSR count). The normalized spacial score (nSPS) is 13.8. The molecule has 16 heavy (non-hydrogen) atoms. The highest BCUT2D eigenvalue weighted by Gasteiger charge is 2.13. The third-order valence-corrected chi connectivity index (χ3v) is 2.79. The molecule has 0 bridgehead atoms. The van der Waals surface area contributed by atoms with E-state index in [1.54, 1.807) is 0 Å². The van der Waals surface area contributed by atoms with Crippen LogP contribution < -0.4 is 5.73 Å². The van der Waals surface area contributed by atoms with Crippen LogP contribution in [0.1, 0.15) is 44.2 Å². The molecule has 1 unspecified atom stereocenters. The maximum atomic E-state index is 9.72. The van der Waals surface area contributed by atoms with Crippen LogP contribution in [0.15, 0.2) is 24.3 Å². The monoisotopic (exact) mass is 221 g/mol. The molecular weight excluding hydrogens is 198 g/mol. The van der Waals surface area contributed by atoms with E-state index < -0.39 is 5.60 Å². The number of aliphatic hydroxyl groups is 1. The molecule has 2 nitrogen and oxygen atoms in total. The molecule has 0 radical (unpaired) electrons. The van der Waals surface area contributed by atoms with E-state index >= 15 is 0 Å². The van der Waals surface area contributed by atoms with Crippen LogP contribution >= 0.6 is 0 Å². The van der Waals surface area contributed by atoms with E-state index in [0.717, 1.165) is 13.0 Å². The fourth-order valence-electron chi connectivity index (χ4n) is 1.88. The van der Waals surface area contributed by atoms with Gasteiger partial charge in [-0.15, -0.1) is 0 Å². The van der Waals surface area contributed by atoms with E-state index in [4.69, 9.17) is 5.73 Å². The predicted octanol–water partition coefficient (Wildman–Crippen LogP) is 2.45. The van der Waals surface area contributed by atoms with E-state index in [0.29, 0.717) is 12.3 Å². The Morgan fingerprint density at radius 2 is 1.81 bits per heavy atom. The smallest absolute Gasteiger partial charge is 0.0631 e. The van der Waals surface area contributed by atoms with Crippen molar-refractivity contribution in [3.05, 3.63) is 35.4 Å².